The first-order chi connectivity index (χ1) is 7.83. The molecule has 2 N–H and O–H groups in total. The Hall–Kier alpha value is -0.120. The number of nitrogens with zero attached hydrogens (tertiary/aromatic N) is 1. The van der Waals surface area contributed by atoms with Gasteiger partial charge in [0.2, 0.25) is 0 Å². The summed E-state index contributed by atoms with van der Waals surface area (Å²) in [5.74, 6) is 0.754. The van der Waals surface area contributed by atoms with Gasteiger partial charge in [0.05, 0.1) is 0 Å². The fourth-order valence-corrected chi connectivity index (χ4v) is 3.37. The van der Waals surface area contributed by atoms with Crippen molar-refractivity contribution in [2.75, 3.05) is 26.8 Å². The zero-order valence-corrected chi connectivity index (χ0v) is 10.5. The van der Waals surface area contributed by atoms with E-state index in [2.05, 4.69) is 11.9 Å². The van der Waals surface area contributed by atoms with Crippen molar-refractivity contribution in [1.29, 1.82) is 0 Å². The summed E-state index contributed by atoms with van der Waals surface area (Å²) >= 11 is 0. The molecule has 2 fully saturated rings. The van der Waals surface area contributed by atoms with Crippen LogP contribution in [-0.4, -0.2) is 43.8 Å². The Bertz CT molecular complexity index is 198. The summed E-state index contributed by atoms with van der Waals surface area (Å²) in [6, 6.07) is 1.36. The lowest BCUT2D eigenvalue weighted by Crippen LogP contribution is -2.48. The summed E-state index contributed by atoms with van der Waals surface area (Å²) in [5.41, 5.74) is 5.99. The molecule has 94 valence electrons. The zero-order valence-electron chi connectivity index (χ0n) is 10.5. The lowest BCUT2D eigenvalue weighted by Gasteiger charge is -2.39. The molecule has 16 heavy (non-hydrogen) atoms. The highest BCUT2D eigenvalue weighted by Crippen LogP contribution is 2.28. The van der Waals surface area contributed by atoms with Gasteiger partial charge < -0.3 is 10.5 Å². The topological polar surface area (TPSA) is 38.5 Å². The molecule has 3 heteroatoms. The predicted molar refractivity (Wildman–Crippen MR) is 66.4 cm³/mol. The molecule has 1 saturated heterocycles. The number of rotatable bonds is 4. The number of hydrogen-bond donors (Lipinski definition) is 1. The monoisotopic (exact) mass is 226 g/mol. The van der Waals surface area contributed by atoms with Crippen LogP contribution in [0.3, 0.4) is 0 Å². The Morgan fingerprint density at radius 3 is 2.38 bits per heavy atom. The summed E-state index contributed by atoms with van der Waals surface area (Å²) in [6.45, 7) is 2.66. The number of nitrogens with two attached hydrogens (primary N) is 1. The van der Waals surface area contributed by atoms with Crippen molar-refractivity contribution in [3.05, 3.63) is 0 Å². The molecule has 0 aromatic rings. The van der Waals surface area contributed by atoms with Gasteiger partial charge in [0.1, 0.15) is 0 Å². The average molecular weight is 226 g/mol. The molecule has 1 unspecified atom stereocenters. The summed E-state index contributed by atoms with van der Waals surface area (Å²) in [6.07, 6.45) is 7.93. The van der Waals surface area contributed by atoms with Gasteiger partial charge in [-0.3, -0.25) is 4.90 Å². The van der Waals surface area contributed by atoms with Crippen LogP contribution in [-0.2, 0) is 4.74 Å². The molecule has 0 radical (unpaired) electrons. The van der Waals surface area contributed by atoms with E-state index < -0.39 is 0 Å². The van der Waals surface area contributed by atoms with Gasteiger partial charge in [-0.25, -0.2) is 0 Å². The molecule has 0 aromatic heterocycles. The highest BCUT2D eigenvalue weighted by Gasteiger charge is 2.31. The first-order valence-corrected chi connectivity index (χ1v) is 6.82. The Labute approximate surface area is 99.3 Å². The van der Waals surface area contributed by atoms with Gasteiger partial charge in [0.15, 0.2) is 0 Å². The van der Waals surface area contributed by atoms with Gasteiger partial charge in [0.25, 0.3) is 0 Å². The molecule has 1 aliphatic carbocycles. The van der Waals surface area contributed by atoms with Crippen LogP contribution in [0.2, 0.25) is 0 Å². The molecule has 0 bridgehead atoms. The van der Waals surface area contributed by atoms with Crippen molar-refractivity contribution in [3.63, 3.8) is 0 Å². The molecule has 1 heterocycles. The van der Waals surface area contributed by atoms with Crippen molar-refractivity contribution in [1.82, 2.24) is 4.90 Å². The molecule has 2 aliphatic rings. The maximum Gasteiger partial charge on any atom is 0.0469 e. The summed E-state index contributed by atoms with van der Waals surface area (Å²) in [4.78, 5) is 2.57. The van der Waals surface area contributed by atoms with Crippen LogP contribution < -0.4 is 5.73 Å². The van der Waals surface area contributed by atoms with E-state index in [0.717, 1.165) is 31.7 Å². The van der Waals surface area contributed by atoms with E-state index in [4.69, 9.17) is 10.5 Å². The quantitative estimate of drug-likeness (QED) is 0.791. The van der Waals surface area contributed by atoms with E-state index in [1.54, 1.807) is 0 Å². The molecular formula is C13H26N2O. The molecule has 2 rings (SSSR count). The summed E-state index contributed by atoms with van der Waals surface area (Å²) in [5, 5.41) is 0. The summed E-state index contributed by atoms with van der Waals surface area (Å²) < 4.78 is 5.44. The van der Waals surface area contributed by atoms with Crippen molar-refractivity contribution in [2.24, 2.45) is 11.7 Å². The Kier molecular flexibility index (Phi) is 4.62. The smallest absolute Gasteiger partial charge is 0.0469 e. The fraction of sp³-hybridized carbons (Fsp3) is 1.00. The van der Waals surface area contributed by atoms with E-state index in [1.165, 1.54) is 38.5 Å². The number of hydrogen-bond acceptors (Lipinski definition) is 3. The van der Waals surface area contributed by atoms with Crippen LogP contribution in [0.15, 0.2) is 0 Å². The Morgan fingerprint density at radius 1 is 1.19 bits per heavy atom. The molecule has 1 aliphatic heterocycles. The fourth-order valence-electron chi connectivity index (χ4n) is 3.37. The maximum absolute atomic E-state index is 5.99. The zero-order chi connectivity index (χ0) is 11.4. The maximum atomic E-state index is 5.99. The molecule has 0 aromatic carbocycles. The normalized spacial score (nSPS) is 26.4. The van der Waals surface area contributed by atoms with Crippen LogP contribution in [0.4, 0.5) is 0 Å². The number of likely N-dealkylation sites (N-methyl/N-ethyl adjacent to an activating group) is 1. The van der Waals surface area contributed by atoms with Crippen LogP contribution in [0.5, 0.6) is 0 Å². The highest BCUT2D eigenvalue weighted by molar-refractivity contribution is 4.86. The van der Waals surface area contributed by atoms with Crippen LogP contribution in [0.25, 0.3) is 0 Å². The van der Waals surface area contributed by atoms with E-state index in [1.807, 2.05) is 0 Å². The van der Waals surface area contributed by atoms with Crippen molar-refractivity contribution in [3.8, 4) is 0 Å². The van der Waals surface area contributed by atoms with Gasteiger partial charge in [-0.15, -0.1) is 0 Å². The van der Waals surface area contributed by atoms with E-state index in [-0.39, 0.29) is 0 Å². The third-order valence-electron chi connectivity index (χ3n) is 4.48. The lowest BCUT2D eigenvalue weighted by molar-refractivity contribution is 0.0242. The second-order valence-corrected chi connectivity index (χ2v) is 5.36. The first kappa shape index (κ1) is 12.3. The first-order valence-electron chi connectivity index (χ1n) is 6.82. The van der Waals surface area contributed by atoms with Crippen molar-refractivity contribution >= 4 is 0 Å². The third-order valence-corrected chi connectivity index (χ3v) is 4.48. The highest BCUT2D eigenvalue weighted by atomic mass is 16.5. The standard InChI is InChI=1S/C13H26N2O/c1-15(12-4-2-3-5-12)13(10-14)11-6-8-16-9-7-11/h11-13H,2-10,14H2,1H3. The van der Waals surface area contributed by atoms with E-state index in [0.29, 0.717) is 6.04 Å². The predicted octanol–water partition coefficient (Wildman–Crippen LogP) is 1.61. The van der Waals surface area contributed by atoms with E-state index >= 15 is 0 Å². The lowest BCUT2D eigenvalue weighted by atomic mass is 9.90. The third kappa shape index (κ3) is 2.76. The number of ether oxygens (including phenoxy) is 1. The van der Waals surface area contributed by atoms with Gasteiger partial charge in [0, 0.05) is 31.8 Å². The molecule has 3 nitrogen and oxygen atoms in total. The van der Waals surface area contributed by atoms with Gasteiger partial charge in [-0.2, -0.15) is 0 Å². The minimum absolute atomic E-state index is 0.576. The van der Waals surface area contributed by atoms with Gasteiger partial charge in [-0.05, 0) is 38.6 Å². The molecular weight excluding hydrogens is 200 g/mol. The molecule has 0 spiro atoms. The average Bonchev–Trinajstić information content (AvgIpc) is 2.85. The minimum Gasteiger partial charge on any atom is -0.381 e. The van der Waals surface area contributed by atoms with Gasteiger partial charge in [-0.1, -0.05) is 12.8 Å². The largest absolute Gasteiger partial charge is 0.381 e. The van der Waals surface area contributed by atoms with Crippen molar-refractivity contribution < 1.29 is 4.74 Å². The Morgan fingerprint density at radius 2 is 1.81 bits per heavy atom. The second-order valence-electron chi connectivity index (χ2n) is 5.36. The Balaban J connectivity index is 1.91. The van der Waals surface area contributed by atoms with E-state index in [9.17, 15) is 0 Å². The van der Waals surface area contributed by atoms with Crippen LogP contribution in [0, 0.1) is 5.92 Å². The second kappa shape index (κ2) is 5.99. The van der Waals surface area contributed by atoms with Crippen molar-refractivity contribution in [2.45, 2.75) is 50.6 Å². The molecule has 0 amide bonds. The molecule has 1 atom stereocenters. The van der Waals surface area contributed by atoms with Crippen LogP contribution in [0.1, 0.15) is 38.5 Å². The minimum atomic E-state index is 0.576. The SMILES string of the molecule is CN(C1CCCC1)C(CN)C1CCOCC1. The summed E-state index contributed by atoms with van der Waals surface area (Å²) in [7, 11) is 2.28. The van der Waals surface area contributed by atoms with Gasteiger partial charge >= 0.3 is 0 Å². The molecule has 1 saturated carbocycles. The van der Waals surface area contributed by atoms with Crippen LogP contribution >= 0.6 is 0 Å².